The predicted molar refractivity (Wildman–Crippen MR) is 163 cm³/mol. The number of terminal acetylenes is 2. The van der Waals surface area contributed by atoms with Crippen LogP contribution in [0.1, 0.15) is 27.7 Å². The molecule has 0 aliphatic carbocycles. The van der Waals surface area contributed by atoms with Crippen LogP contribution in [0.25, 0.3) is 0 Å². The van der Waals surface area contributed by atoms with Gasteiger partial charge in [-0.3, -0.25) is 0 Å². The largest absolute Gasteiger partial charge is 0.359 e. The van der Waals surface area contributed by atoms with E-state index < -0.39 is 0 Å². The van der Waals surface area contributed by atoms with Crippen LogP contribution < -0.4 is 0 Å². The Bertz CT molecular complexity index is 1540. The molecule has 0 fully saturated rings. The van der Waals surface area contributed by atoms with E-state index in [0.717, 1.165) is 10.0 Å². The maximum absolute atomic E-state index is 5.78. The Labute approximate surface area is 221 Å². The zero-order valence-corrected chi connectivity index (χ0v) is 17.8. The maximum atomic E-state index is 5.78. The van der Waals surface area contributed by atoms with E-state index in [4.69, 9.17) is 17.9 Å². The molecule has 1 nitrogen and oxygen atoms in total. The molecule has 0 aromatic carbocycles. The Morgan fingerprint density at radius 2 is 0.382 bits per heavy atom. The minimum absolute atomic E-state index is 0. The van der Waals surface area contributed by atoms with Gasteiger partial charge in [0.2, 0.25) is 0 Å². The molecule has 0 saturated heterocycles. The highest BCUT2D eigenvalue weighted by Crippen LogP contribution is 1.59. The van der Waals surface area contributed by atoms with Gasteiger partial charge in [-0.25, -0.2) is 0 Å². The maximum Gasteiger partial charge on any atom is 0.0841 e. The van der Waals surface area contributed by atoms with Gasteiger partial charge in [-0.1, -0.05) is 14.9 Å². The molecule has 0 rings (SSSR count). The smallest absolute Gasteiger partial charge is 0.0841 e. The lowest BCUT2D eigenvalue weighted by atomic mass is 10.4. The van der Waals surface area contributed by atoms with Crippen molar-refractivity contribution in [1.82, 2.24) is 0 Å². The van der Waals surface area contributed by atoms with Crippen molar-refractivity contribution in [2.75, 3.05) is 0 Å². The molecule has 0 aromatic heterocycles. The number of nitrogens with one attached hydrogen (secondary N) is 1. The third kappa shape index (κ3) is 36.4. The van der Waals surface area contributed by atoms with Gasteiger partial charge < -0.3 is 5.05 Å². The van der Waals surface area contributed by atoms with Crippen molar-refractivity contribution in [1.29, 1.82) is 5.05 Å². The first kappa shape index (κ1) is 34.9. The minimum Gasteiger partial charge on any atom is -0.359 e. The molecule has 0 atom stereocenters. The molecule has 1 N–H and O–H groups in total. The SMILES string of the molecule is C.C.C#CC#CC#CC#CC#CC#CC#CC#CC#CC#CC#CC#CC#CC#CC#C.N=[SiH2].[HH].[HH].[HH].[HH].[HH].[HH].[HH].[HH].[HH]. The summed E-state index contributed by atoms with van der Waals surface area (Å²) >= 11 is 0. The van der Waals surface area contributed by atoms with E-state index in [1.165, 1.54) is 0 Å². The average molecular weight is 458 g/mol. The van der Waals surface area contributed by atoms with Crippen molar-refractivity contribution >= 4 is 10.0 Å². The first-order valence-corrected chi connectivity index (χ1v) is 8.39. The van der Waals surface area contributed by atoms with Gasteiger partial charge in [-0.05, 0) is 94.7 Å². The van der Waals surface area contributed by atoms with Crippen LogP contribution >= 0.6 is 0 Å². The fraction of sp³-hybridized carbons (Fsp3) is 0.0625. The van der Waals surface area contributed by atoms with Crippen LogP contribution in [-0.4, -0.2) is 10.0 Å². The molecule has 2 heteroatoms. The summed E-state index contributed by atoms with van der Waals surface area (Å²) in [4.78, 5) is 0. The van der Waals surface area contributed by atoms with Crippen LogP contribution in [0.2, 0.25) is 0 Å². The lowest BCUT2D eigenvalue weighted by Gasteiger charge is -1.57. The van der Waals surface area contributed by atoms with Crippen LogP contribution in [0.4, 0.5) is 0 Å². The summed E-state index contributed by atoms with van der Waals surface area (Å²) in [6, 6.07) is 0. The van der Waals surface area contributed by atoms with Gasteiger partial charge in [-0.2, -0.15) is 0 Å². The Balaban J connectivity index is -0.0000000615. The second kappa shape index (κ2) is 37.2. The van der Waals surface area contributed by atoms with Gasteiger partial charge >= 0.3 is 0 Å². The molecule has 168 valence electrons. The van der Waals surface area contributed by atoms with Gasteiger partial charge in [0.05, 0.1) is 10.0 Å². The second-order valence-electron chi connectivity index (χ2n) is 3.54. The molecule has 34 heavy (non-hydrogen) atoms. The lowest BCUT2D eigenvalue weighted by Crippen LogP contribution is -1.57. The van der Waals surface area contributed by atoms with Gasteiger partial charge in [0.15, 0.2) is 0 Å². The molecule has 0 amide bonds. The fourth-order valence-corrected chi connectivity index (χ4v) is 0.822. The average Bonchev–Trinajstić information content (AvgIpc) is 2.82. The molecular weight excluding hydrogens is 426 g/mol. The van der Waals surface area contributed by atoms with Crippen molar-refractivity contribution < 1.29 is 12.8 Å². The van der Waals surface area contributed by atoms with Crippen molar-refractivity contribution in [3.63, 3.8) is 0 Å². The Hall–Kier alpha value is -6.58. The number of hydrogen-bond donors (Lipinski definition) is 1. The summed E-state index contributed by atoms with van der Waals surface area (Å²) in [6.07, 6.45) is 9.83. The summed E-state index contributed by atoms with van der Waals surface area (Å²) in [7, 11) is 1.11. The molecular formula is C32H31NSi. The van der Waals surface area contributed by atoms with E-state index in [2.05, 4.69) is 166 Å². The highest BCUT2D eigenvalue weighted by molar-refractivity contribution is 5.88. The van der Waals surface area contributed by atoms with E-state index >= 15 is 0 Å². The molecule has 0 unspecified atom stereocenters. The molecule has 0 bridgehead atoms. The van der Waals surface area contributed by atoms with Crippen molar-refractivity contribution in [2.45, 2.75) is 14.9 Å². The Morgan fingerprint density at radius 1 is 0.294 bits per heavy atom. The van der Waals surface area contributed by atoms with Crippen molar-refractivity contribution in [3.8, 4) is 179 Å². The summed E-state index contributed by atoms with van der Waals surface area (Å²) in [6.45, 7) is 0. The molecule has 0 spiro atoms. The molecule has 0 aliphatic heterocycles. The summed E-state index contributed by atoms with van der Waals surface area (Å²) in [5.74, 6) is 68.2. The zero-order valence-electron chi connectivity index (χ0n) is 16.4. The van der Waals surface area contributed by atoms with Crippen LogP contribution in [0.3, 0.4) is 0 Å². The molecule has 0 aromatic rings. The third-order valence-corrected chi connectivity index (χ3v) is 1.71. The van der Waals surface area contributed by atoms with Gasteiger partial charge in [0.25, 0.3) is 0 Å². The third-order valence-electron chi connectivity index (χ3n) is 1.71. The lowest BCUT2D eigenvalue weighted by molar-refractivity contribution is 1.64. The zero-order chi connectivity index (χ0) is 23.8. The fourth-order valence-electron chi connectivity index (χ4n) is 0.822. The van der Waals surface area contributed by atoms with E-state index in [0.29, 0.717) is 0 Å². The van der Waals surface area contributed by atoms with Crippen LogP contribution in [0, 0.1) is 184 Å². The van der Waals surface area contributed by atoms with Crippen LogP contribution in [0.5, 0.6) is 0 Å². The minimum atomic E-state index is 0. The van der Waals surface area contributed by atoms with E-state index in [1.807, 2.05) is 0 Å². The molecule has 0 aliphatic rings. The van der Waals surface area contributed by atoms with Crippen molar-refractivity contribution in [3.05, 3.63) is 0 Å². The summed E-state index contributed by atoms with van der Waals surface area (Å²) in [5, 5.41) is 5.78. The van der Waals surface area contributed by atoms with Crippen LogP contribution in [0.15, 0.2) is 0 Å². The Morgan fingerprint density at radius 3 is 0.471 bits per heavy atom. The first-order valence-electron chi connectivity index (χ1n) is 7.68. The number of rotatable bonds is 0. The van der Waals surface area contributed by atoms with E-state index in [-0.39, 0.29) is 27.7 Å². The van der Waals surface area contributed by atoms with E-state index in [9.17, 15) is 0 Å². The molecule has 0 radical (unpaired) electrons. The second-order valence-corrected chi connectivity index (χ2v) is 3.54. The summed E-state index contributed by atoms with van der Waals surface area (Å²) < 4.78 is 0. The van der Waals surface area contributed by atoms with Gasteiger partial charge in [0.1, 0.15) is 0 Å². The monoisotopic (exact) mass is 457 g/mol. The highest BCUT2D eigenvalue weighted by atomic mass is 28.1. The highest BCUT2D eigenvalue weighted by Gasteiger charge is 1.59. The van der Waals surface area contributed by atoms with E-state index in [1.54, 1.807) is 0 Å². The standard InChI is InChI=1S/C30H2.2CH4.H3NSi.9H2/c1-3-5-7-9-11-13-15-17-19-21-23-25-27-29-30-28-26-24-22-20-18-16-14-12-10-8-6-4-2;;;1-2;;;;;;;;;/h1-2H;2*1H4;1H,2H2;9*1H. The quantitative estimate of drug-likeness (QED) is 0.427. The number of hydrogen-bond acceptors (Lipinski definition) is 1. The predicted octanol–water partition coefficient (Wildman–Crippen LogP) is 3.17. The normalized spacial score (nSPS) is 3.47. The molecule has 0 saturated carbocycles. The van der Waals surface area contributed by atoms with Crippen LogP contribution in [-0.2, 0) is 0 Å². The Kier molecular flexibility index (Phi) is 38.2. The van der Waals surface area contributed by atoms with Gasteiger partial charge in [-0.15, -0.1) is 12.8 Å². The van der Waals surface area contributed by atoms with Gasteiger partial charge in [0, 0.05) is 83.9 Å². The topological polar surface area (TPSA) is 23.9 Å². The first-order chi connectivity index (χ1) is 15.9. The van der Waals surface area contributed by atoms with Crippen molar-refractivity contribution in [2.24, 2.45) is 0 Å². The molecule has 0 heterocycles. The summed E-state index contributed by atoms with van der Waals surface area (Å²) in [5.41, 5.74) is 0.